The number of pyridine rings is 1. The maximum atomic E-state index is 5.84. The standard InChI is InChI=1S/C13H10ClN3/c14-10-4-6-11(7-5-10)16-13-9-15-12-3-1-2-8-17(12)13/h1-9,16H. The minimum atomic E-state index is 0.730. The van der Waals surface area contributed by atoms with Crippen LogP contribution in [0, 0.1) is 0 Å². The molecule has 0 bridgehead atoms. The van der Waals surface area contributed by atoms with E-state index in [0.29, 0.717) is 0 Å². The van der Waals surface area contributed by atoms with Crippen molar-refractivity contribution in [3.8, 4) is 0 Å². The molecule has 0 atom stereocenters. The lowest BCUT2D eigenvalue weighted by Gasteiger charge is -2.05. The summed E-state index contributed by atoms with van der Waals surface area (Å²) in [6.07, 6.45) is 3.78. The average Bonchev–Trinajstić information content (AvgIpc) is 2.76. The highest BCUT2D eigenvalue weighted by atomic mass is 35.5. The molecule has 0 fully saturated rings. The van der Waals surface area contributed by atoms with E-state index in [1.165, 1.54) is 0 Å². The third kappa shape index (κ3) is 1.97. The Morgan fingerprint density at radius 1 is 1.06 bits per heavy atom. The Labute approximate surface area is 104 Å². The number of anilines is 2. The molecule has 1 N–H and O–H groups in total. The molecule has 3 rings (SSSR count). The largest absolute Gasteiger partial charge is 0.340 e. The Balaban J connectivity index is 1.97. The van der Waals surface area contributed by atoms with E-state index < -0.39 is 0 Å². The summed E-state index contributed by atoms with van der Waals surface area (Å²) in [6.45, 7) is 0. The van der Waals surface area contributed by atoms with Crippen molar-refractivity contribution in [3.63, 3.8) is 0 Å². The zero-order valence-electron chi connectivity index (χ0n) is 8.97. The van der Waals surface area contributed by atoms with Crippen LogP contribution in [-0.4, -0.2) is 9.38 Å². The highest BCUT2D eigenvalue weighted by Crippen LogP contribution is 2.19. The lowest BCUT2D eigenvalue weighted by molar-refractivity contribution is 1.18. The van der Waals surface area contributed by atoms with E-state index in [2.05, 4.69) is 10.3 Å². The van der Waals surface area contributed by atoms with Crippen LogP contribution in [0.2, 0.25) is 5.02 Å². The second-order valence-corrected chi connectivity index (χ2v) is 4.14. The Kier molecular flexibility index (Phi) is 2.46. The fourth-order valence-corrected chi connectivity index (χ4v) is 1.83. The van der Waals surface area contributed by atoms with Crippen molar-refractivity contribution in [3.05, 3.63) is 59.9 Å². The molecule has 84 valence electrons. The van der Waals surface area contributed by atoms with Gasteiger partial charge in [0.15, 0.2) is 0 Å². The maximum absolute atomic E-state index is 5.84. The molecule has 0 aliphatic heterocycles. The summed E-state index contributed by atoms with van der Waals surface area (Å²) >= 11 is 5.84. The van der Waals surface area contributed by atoms with Gasteiger partial charge in [0.25, 0.3) is 0 Å². The quantitative estimate of drug-likeness (QED) is 0.743. The first kappa shape index (κ1) is 10.2. The molecule has 0 aliphatic carbocycles. The average molecular weight is 244 g/mol. The topological polar surface area (TPSA) is 29.3 Å². The summed E-state index contributed by atoms with van der Waals surface area (Å²) in [5.41, 5.74) is 1.91. The van der Waals surface area contributed by atoms with Crippen LogP contribution in [0.25, 0.3) is 5.65 Å². The van der Waals surface area contributed by atoms with Crippen LogP contribution in [0.5, 0.6) is 0 Å². The first-order chi connectivity index (χ1) is 8.33. The van der Waals surface area contributed by atoms with Crippen LogP contribution in [-0.2, 0) is 0 Å². The molecule has 0 spiro atoms. The molecular weight excluding hydrogens is 234 g/mol. The SMILES string of the molecule is Clc1ccc(Nc2cnc3ccccn23)cc1. The fourth-order valence-electron chi connectivity index (χ4n) is 1.71. The first-order valence-corrected chi connectivity index (χ1v) is 5.65. The van der Waals surface area contributed by atoms with Gasteiger partial charge in [-0.05, 0) is 36.4 Å². The van der Waals surface area contributed by atoms with Crippen molar-refractivity contribution in [1.29, 1.82) is 0 Å². The Morgan fingerprint density at radius 3 is 2.71 bits per heavy atom. The Morgan fingerprint density at radius 2 is 1.88 bits per heavy atom. The summed E-state index contributed by atoms with van der Waals surface area (Å²) in [7, 11) is 0. The number of rotatable bonds is 2. The second-order valence-electron chi connectivity index (χ2n) is 3.70. The van der Waals surface area contributed by atoms with Crippen molar-refractivity contribution in [2.45, 2.75) is 0 Å². The normalized spacial score (nSPS) is 10.6. The van der Waals surface area contributed by atoms with Gasteiger partial charge in [-0.25, -0.2) is 4.98 Å². The Hall–Kier alpha value is -2.00. The summed E-state index contributed by atoms with van der Waals surface area (Å²) in [6, 6.07) is 13.5. The van der Waals surface area contributed by atoms with Crippen LogP contribution >= 0.6 is 11.6 Å². The van der Waals surface area contributed by atoms with Gasteiger partial charge in [0, 0.05) is 16.9 Å². The number of nitrogens with one attached hydrogen (secondary N) is 1. The molecule has 0 amide bonds. The second kappa shape index (κ2) is 4.11. The van der Waals surface area contributed by atoms with E-state index in [1.807, 2.05) is 59.3 Å². The molecule has 3 nitrogen and oxygen atoms in total. The summed E-state index contributed by atoms with van der Waals surface area (Å²) in [4.78, 5) is 4.31. The monoisotopic (exact) mass is 243 g/mol. The van der Waals surface area contributed by atoms with Gasteiger partial charge < -0.3 is 5.32 Å². The van der Waals surface area contributed by atoms with E-state index in [0.717, 1.165) is 22.2 Å². The first-order valence-electron chi connectivity index (χ1n) is 5.27. The van der Waals surface area contributed by atoms with Crippen molar-refractivity contribution in [2.24, 2.45) is 0 Å². The van der Waals surface area contributed by atoms with Crippen molar-refractivity contribution < 1.29 is 0 Å². The van der Waals surface area contributed by atoms with Gasteiger partial charge in [-0.3, -0.25) is 4.40 Å². The van der Waals surface area contributed by atoms with Crippen LogP contribution in [0.1, 0.15) is 0 Å². The molecule has 3 aromatic rings. The zero-order valence-corrected chi connectivity index (χ0v) is 9.72. The van der Waals surface area contributed by atoms with E-state index in [4.69, 9.17) is 11.6 Å². The molecule has 2 heterocycles. The molecular formula is C13H10ClN3. The third-order valence-corrected chi connectivity index (χ3v) is 2.79. The zero-order chi connectivity index (χ0) is 11.7. The highest BCUT2D eigenvalue weighted by molar-refractivity contribution is 6.30. The summed E-state index contributed by atoms with van der Waals surface area (Å²) in [5.74, 6) is 0.933. The van der Waals surface area contributed by atoms with Crippen LogP contribution in [0.4, 0.5) is 11.5 Å². The molecule has 0 saturated carbocycles. The van der Waals surface area contributed by atoms with Crippen LogP contribution in [0.15, 0.2) is 54.9 Å². The lowest BCUT2D eigenvalue weighted by Crippen LogP contribution is -1.94. The molecule has 4 heteroatoms. The van der Waals surface area contributed by atoms with Gasteiger partial charge in [0.2, 0.25) is 0 Å². The van der Waals surface area contributed by atoms with Crippen molar-refractivity contribution in [1.82, 2.24) is 9.38 Å². The number of hydrogen-bond donors (Lipinski definition) is 1. The minimum absolute atomic E-state index is 0.730. The van der Waals surface area contributed by atoms with Crippen molar-refractivity contribution >= 4 is 28.8 Å². The fraction of sp³-hybridized carbons (Fsp3) is 0. The van der Waals surface area contributed by atoms with Gasteiger partial charge in [-0.1, -0.05) is 17.7 Å². The molecule has 0 saturated heterocycles. The highest BCUT2D eigenvalue weighted by Gasteiger charge is 2.01. The molecule has 17 heavy (non-hydrogen) atoms. The van der Waals surface area contributed by atoms with Gasteiger partial charge >= 0.3 is 0 Å². The molecule has 0 unspecified atom stereocenters. The van der Waals surface area contributed by atoms with Crippen LogP contribution in [0.3, 0.4) is 0 Å². The third-order valence-electron chi connectivity index (χ3n) is 2.53. The smallest absolute Gasteiger partial charge is 0.138 e. The van der Waals surface area contributed by atoms with E-state index in [1.54, 1.807) is 0 Å². The number of nitrogens with zero attached hydrogens (tertiary/aromatic N) is 2. The maximum Gasteiger partial charge on any atom is 0.138 e. The van der Waals surface area contributed by atoms with Crippen molar-refractivity contribution in [2.75, 3.05) is 5.32 Å². The van der Waals surface area contributed by atoms with Gasteiger partial charge in [0.05, 0.1) is 6.20 Å². The Bertz CT molecular complexity index is 643. The minimum Gasteiger partial charge on any atom is -0.340 e. The molecule has 1 aromatic carbocycles. The number of benzene rings is 1. The molecule has 0 aliphatic rings. The summed E-state index contributed by atoms with van der Waals surface area (Å²) in [5, 5.41) is 4.03. The van der Waals surface area contributed by atoms with Crippen LogP contribution < -0.4 is 5.32 Å². The van der Waals surface area contributed by atoms with Gasteiger partial charge in [-0.15, -0.1) is 0 Å². The number of aromatic nitrogens is 2. The lowest BCUT2D eigenvalue weighted by atomic mass is 10.3. The molecule has 2 aromatic heterocycles. The van der Waals surface area contributed by atoms with E-state index >= 15 is 0 Å². The predicted octanol–water partition coefficient (Wildman–Crippen LogP) is 3.73. The van der Waals surface area contributed by atoms with E-state index in [9.17, 15) is 0 Å². The number of fused-ring (bicyclic) bond motifs is 1. The number of halogens is 1. The molecule has 0 radical (unpaired) electrons. The van der Waals surface area contributed by atoms with Gasteiger partial charge in [0.1, 0.15) is 11.5 Å². The number of hydrogen-bond acceptors (Lipinski definition) is 2. The number of imidazole rings is 1. The van der Waals surface area contributed by atoms with Gasteiger partial charge in [-0.2, -0.15) is 0 Å². The summed E-state index contributed by atoms with van der Waals surface area (Å²) < 4.78 is 1.99. The predicted molar refractivity (Wildman–Crippen MR) is 69.9 cm³/mol. The van der Waals surface area contributed by atoms with E-state index in [-0.39, 0.29) is 0 Å².